The fourth-order valence-corrected chi connectivity index (χ4v) is 3.99. The number of Topliss-reactive ketones (excluding diaryl/α,β-unsaturated/α-hetero) is 1. The van der Waals surface area contributed by atoms with Crippen LogP contribution in [0.25, 0.3) is 5.76 Å². The molecule has 1 fully saturated rings. The molecule has 1 aliphatic heterocycles. The molecule has 7 nitrogen and oxygen atoms in total. The van der Waals surface area contributed by atoms with Crippen molar-refractivity contribution in [2.24, 2.45) is 0 Å². The number of aliphatic hydroxyl groups is 1. The Balaban J connectivity index is 1.63. The number of carbonyl (C=O) groups excluding carboxylic acids is 2. The van der Waals surface area contributed by atoms with E-state index in [2.05, 4.69) is 0 Å². The quantitative estimate of drug-likeness (QED) is 0.301. The molecule has 176 valence electrons. The maximum absolute atomic E-state index is 12.9. The number of nitrogens with zero attached hydrogens (tertiary/aromatic N) is 1. The Morgan fingerprint density at radius 2 is 1.76 bits per heavy atom. The lowest BCUT2D eigenvalue weighted by Gasteiger charge is -2.22. The van der Waals surface area contributed by atoms with Crippen LogP contribution in [-0.2, 0) is 20.9 Å². The Labute approximate surface area is 198 Å². The predicted octanol–water partition coefficient (Wildman–Crippen LogP) is 4.54. The second-order valence-electron chi connectivity index (χ2n) is 8.17. The largest absolute Gasteiger partial charge is 0.507 e. The third-order valence-corrected chi connectivity index (χ3v) is 5.89. The van der Waals surface area contributed by atoms with Gasteiger partial charge in [0.25, 0.3) is 11.7 Å². The molecule has 2 aromatic carbocycles. The molecule has 1 unspecified atom stereocenters. The van der Waals surface area contributed by atoms with Gasteiger partial charge in [0.1, 0.15) is 35.7 Å². The van der Waals surface area contributed by atoms with E-state index in [0.717, 1.165) is 11.1 Å². The van der Waals surface area contributed by atoms with Gasteiger partial charge in [0.2, 0.25) is 0 Å². The Morgan fingerprint density at radius 1 is 1.03 bits per heavy atom. The molecule has 7 heteroatoms. The second-order valence-corrected chi connectivity index (χ2v) is 8.17. The number of rotatable bonds is 8. The van der Waals surface area contributed by atoms with Crippen molar-refractivity contribution in [1.29, 1.82) is 0 Å². The van der Waals surface area contributed by atoms with Crippen LogP contribution in [0.4, 0.5) is 0 Å². The van der Waals surface area contributed by atoms with Crippen LogP contribution in [0, 0.1) is 13.8 Å². The van der Waals surface area contributed by atoms with E-state index in [9.17, 15) is 14.7 Å². The number of ketones is 1. The van der Waals surface area contributed by atoms with E-state index in [0.29, 0.717) is 29.4 Å². The molecule has 0 saturated carbocycles. The van der Waals surface area contributed by atoms with Crippen molar-refractivity contribution >= 4 is 17.4 Å². The van der Waals surface area contributed by atoms with E-state index < -0.39 is 17.7 Å². The molecular weight excluding hydrogens is 434 g/mol. The molecule has 1 aromatic heterocycles. The van der Waals surface area contributed by atoms with Crippen molar-refractivity contribution in [3.8, 4) is 5.75 Å². The molecule has 4 rings (SSSR count). The molecule has 1 atom stereocenters. The molecule has 3 aromatic rings. The molecule has 0 aliphatic carbocycles. The third kappa shape index (κ3) is 4.61. The summed E-state index contributed by atoms with van der Waals surface area (Å²) in [5.74, 6) is -0.0419. The summed E-state index contributed by atoms with van der Waals surface area (Å²) < 4.78 is 16.7. The minimum atomic E-state index is -0.833. The van der Waals surface area contributed by atoms with Gasteiger partial charge in [-0.25, -0.2) is 0 Å². The minimum Gasteiger partial charge on any atom is -0.507 e. The molecule has 0 radical (unpaired) electrons. The van der Waals surface area contributed by atoms with E-state index in [4.69, 9.17) is 13.9 Å². The highest BCUT2D eigenvalue weighted by Gasteiger charge is 2.47. The number of carbonyl (C=O) groups is 2. The molecule has 2 heterocycles. The lowest BCUT2D eigenvalue weighted by molar-refractivity contribution is -0.140. The van der Waals surface area contributed by atoms with E-state index in [1.807, 2.05) is 31.2 Å². The fourth-order valence-electron chi connectivity index (χ4n) is 3.99. The molecule has 1 saturated heterocycles. The number of amides is 1. The maximum Gasteiger partial charge on any atom is 0.295 e. The van der Waals surface area contributed by atoms with Gasteiger partial charge in [0.05, 0.1) is 12.2 Å². The number of likely N-dealkylation sites (tertiary alicyclic amines) is 1. The minimum absolute atomic E-state index is 0.0102. The number of methoxy groups -OCH3 is 1. The Hall–Kier alpha value is -3.84. The van der Waals surface area contributed by atoms with Crippen LogP contribution in [0.5, 0.6) is 5.75 Å². The number of benzene rings is 2. The lowest BCUT2D eigenvalue weighted by atomic mass is 9.99. The summed E-state index contributed by atoms with van der Waals surface area (Å²) in [5, 5.41) is 11.1. The lowest BCUT2D eigenvalue weighted by Crippen LogP contribution is -2.32. The number of aryl methyl sites for hydroxylation is 2. The van der Waals surface area contributed by atoms with Crippen molar-refractivity contribution in [1.82, 2.24) is 4.90 Å². The topological polar surface area (TPSA) is 89.2 Å². The van der Waals surface area contributed by atoms with Crippen molar-refractivity contribution in [3.63, 3.8) is 0 Å². The van der Waals surface area contributed by atoms with Gasteiger partial charge in [0, 0.05) is 19.2 Å². The molecular formula is C27H27NO6. The van der Waals surface area contributed by atoms with Gasteiger partial charge < -0.3 is 23.9 Å². The standard InChI is InChI=1S/C27H27NO6/c1-17-6-4-5-7-20(17)16-33-21-11-9-19(10-12-21)25(29)23-24(22-13-8-18(2)34-22)28(14-15-32-3)27(31)26(23)30/h4-13,24,29H,14-16H2,1-3H3/b25-23+. The maximum atomic E-state index is 12.9. The predicted molar refractivity (Wildman–Crippen MR) is 126 cm³/mol. The monoisotopic (exact) mass is 461 g/mol. The Kier molecular flexibility index (Phi) is 6.84. The SMILES string of the molecule is COCCN1C(=O)C(=O)/C(=C(/O)c2ccc(OCc3ccccc3C)cc2)C1c1ccc(C)o1. The Morgan fingerprint density at radius 3 is 2.41 bits per heavy atom. The summed E-state index contributed by atoms with van der Waals surface area (Å²) in [7, 11) is 1.52. The molecule has 1 amide bonds. The molecule has 0 spiro atoms. The van der Waals surface area contributed by atoms with Crippen LogP contribution in [0.3, 0.4) is 0 Å². The van der Waals surface area contributed by atoms with E-state index in [1.165, 1.54) is 12.0 Å². The third-order valence-electron chi connectivity index (χ3n) is 5.89. The molecule has 0 bridgehead atoms. The summed E-state index contributed by atoms with van der Waals surface area (Å²) in [4.78, 5) is 27.1. The normalized spacial score (nSPS) is 17.4. The summed E-state index contributed by atoms with van der Waals surface area (Å²) in [6, 6.07) is 17.4. The summed E-state index contributed by atoms with van der Waals surface area (Å²) in [6.07, 6.45) is 0. The van der Waals surface area contributed by atoms with Crippen LogP contribution in [0.1, 0.15) is 34.3 Å². The summed E-state index contributed by atoms with van der Waals surface area (Å²) in [6.45, 7) is 4.66. The van der Waals surface area contributed by atoms with Crippen LogP contribution >= 0.6 is 0 Å². The molecule has 1 N–H and O–H groups in total. The highest BCUT2D eigenvalue weighted by Crippen LogP contribution is 2.40. The number of ether oxygens (including phenoxy) is 2. The van der Waals surface area contributed by atoms with Gasteiger partial charge in [-0.05, 0) is 61.4 Å². The first-order valence-electron chi connectivity index (χ1n) is 11.0. The first-order chi connectivity index (χ1) is 16.4. The van der Waals surface area contributed by atoms with Crippen molar-refractivity contribution in [2.45, 2.75) is 26.5 Å². The van der Waals surface area contributed by atoms with Gasteiger partial charge in [-0.1, -0.05) is 24.3 Å². The van der Waals surface area contributed by atoms with E-state index >= 15 is 0 Å². The summed E-state index contributed by atoms with van der Waals surface area (Å²) in [5.41, 5.74) is 2.62. The zero-order chi connectivity index (χ0) is 24.2. The number of hydrogen-bond donors (Lipinski definition) is 1. The Bertz CT molecular complexity index is 1220. The van der Waals surface area contributed by atoms with E-state index in [-0.39, 0.29) is 24.5 Å². The van der Waals surface area contributed by atoms with Crippen LogP contribution in [-0.4, -0.2) is 42.0 Å². The van der Waals surface area contributed by atoms with Crippen molar-refractivity contribution in [2.75, 3.05) is 20.3 Å². The molecule has 1 aliphatic rings. The van der Waals surface area contributed by atoms with Gasteiger partial charge in [-0.2, -0.15) is 0 Å². The van der Waals surface area contributed by atoms with Gasteiger partial charge in [0.15, 0.2) is 0 Å². The van der Waals surface area contributed by atoms with Crippen LogP contribution in [0.2, 0.25) is 0 Å². The first-order valence-corrected chi connectivity index (χ1v) is 11.0. The number of furan rings is 1. The summed E-state index contributed by atoms with van der Waals surface area (Å²) >= 11 is 0. The zero-order valence-corrected chi connectivity index (χ0v) is 19.4. The number of hydrogen-bond acceptors (Lipinski definition) is 6. The van der Waals surface area contributed by atoms with Crippen LogP contribution < -0.4 is 4.74 Å². The zero-order valence-electron chi connectivity index (χ0n) is 19.4. The van der Waals surface area contributed by atoms with E-state index in [1.54, 1.807) is 43.3 Å². The second kappa shape index (κ2) is 9.97. The first kappa shape index (κ1) is 23.3. The number of aliphatic hydroxyl groups excluding tert-OH is 1. The average molecular weight is 462 g/mol. The highest BCUT2D eigenvalue weighted by atomic mass is 16.5. The fraction of sp³-hybridized carbons (Fsp3) is 0.259. The van der Waals surface area contributed by atoms with Gasteiger partial charge in [-0.15, -0.1) is 0 Å². The average Bonchev–Trinajstić information content (AvgIpc) is 3.37. The molecule has 34 heavy (non-hydrogen) atoms. The highest BCUT2D eigenvalue weighted by molar-refractivity contribution is 6.46. The van der Waals surface area contributed by atoms with Crippen molar-refractivity contribution < 1.29 is 28.6 Å². The van der Waals surface area contributed by atoms with Gasteiger partial charge >= 0.3 is 0 Å². The smallest absolute Gasteiger partial charge is 0.295 e. The van der Waals surface area contributed by atoms with Gasteiger partial charge in [-0.3, -0.25) is 9.59 Å². The van der Waals surface area contributed by atoms with Crippen molar-refractivity contribution in [3.05, 3.63) is 94.4 Å². The van der Waals surface area contributed by atoms with Crippen LogP contribution in [0.15, 0.2) is 70.7 Å².